The molecule has 1 aromatic rings. The van der Waals surface area contributed by atoms with Crippen LogP contribution >= 0.6 is 0 Å². The molecule has 5 heteroatoms. The molecule has 1 aromatic carbocycles. The van der Waals surface area contributed by atoms with Crippen LogP contribution in [0.1, 0.15) is 49.5 Å². The highest BCUT2D eigenvalue weighted by Crippen LogP contribution is 2.08. The van der Waals surface area contributed by atoms with Gasteiger partial charge < -0.3 is 15.5 Å². The molecule has 0 spiro atoms. The number of guanidine groups is 1. The average Bonchev–Trinajstić information content (AvgIpc) is 2.58. The Kier molecular flexibility index (Phi) is 9.03. The molecule has 2 N–H and O–H groups in total. The monoisotopic (exact) mass is 346 g/mol. The number of benzene rings is 1. The van der Waals surface area contributed by atoms with E-state index in [4.69, 9.17) is 0 Å². The fourth-order valence-corrected chi connectivity index (χ4v) is 2.53. The normalized spacial score (nSPS) is 12.8. The third-order valence-electron chi connectivity index (χ3n) is 4.07. The molecule has 1 amide bonds. The van der Waals surface area contributed by atoms with Crippen molar-refractivity contribution in [2.75, 3.05) is 27.7 Å². The number of aliphatic imine (C=N–C) groups is 1. The van der Waals surface area contributed by atoms with E-state index in [1.165, 1.54) is 6.42 Å². The smallest absolute Gasteiger partial charge is 0.253 e. The first-order chi connectivity index (χ1) is 11.8. The third kappa shape index (κ3) is 8.05. The van der Waals surface area contributed by atoms with Crippen molar-refractivity contribution in [3.8, 4) is 0 Å². The number of hydrogen-bond acceptors (Lipinski definition) is 2. The lowest BCUT2D eigenvalue weighted by molar-refractivity contribution is 0.0827. The predicted molar refractivity (Wildman–Crippen MR) is 106 cm³/mol. The molecule has 0 fully saturated rings. The van der Waals surface area contributed by atoms with Crippen molar-refractivity contribution in [1.82, 2.24) is 15.5 Å². The second-order valence-corrected chi connectivity index (χ2v) is 7.17. The number of carbonyl (C=O) groups is 1. The van der Waals surface area contributed by atoms with Gasteiger partial charge in [0.2, 0.25) is 0 Å². The lowest BCUT2D eigenvalue weighted by Gasteiger charge is -2.18. The second-order valence-electron chi connectivity index (χ2n) is 7.17. The molecule has 1 unspecified atom stereocenters. The number of hydrogen-bond donors (Lipinski definition) is 2. The van der Waals surface area contributed by atoms with E-state index in [0.29, 0.717) is 6.04 Å². The third-order valence-corrected chi connectivity index (χ3v) is 4.07. The van der Waals surface area contributed by atoms with Crippen molar-refractivity contribution in [2.24, 2.45) is 10.9 Å². The van der Waals surface area contributed by atoms with Gasteiger partial charge in [0.05, 0.1) is 0 Å². The largest absolute Gasteiger partial charge is 0.356 e. The predicted octanol–water partition coefficient (Wildman–Crippen LogP) is 2.92. The molecule has 0 aromatic heterocycles. The van der Waals surface area contributed by atoms with Gasteiger partial charge in [0.15, 0.2) is 5.96 Å². The molecule has 5 nitrogen and oxygen atoms in total. The minimum atomic E-state index is 0.0336. The van der Waals surface area contributed by atoms with Crippen molar-refractivity contribution in [1.29, 1.82) is 0 Å². The standard InChI is InChI=1S/C20H34N4O/c1-15(2)10-11-16(3)23-20(21-4)22-13-12-17-8-7-9-18(14-17)19(25)24(5)6/h7-9,14-16H,10-13H2,1-6H3,(H2,21,22,23). The van der Waals surface area contributed by atoms with Crippen LogP contribution in [0.3, 0.4) is 0 Å². The van der Waals surface area contributed by atoms with Gasteiger partial charge in [-0.2, -0.15) is 0 Å². The molecular weight excluding hydrogens is 312 g/mol. The zero-order chi connectivity index (χ0) is 18.8. The van der Waals surface area contributed by atoms with Crippen LogP contribution in [0.2, 0.25) is 0 Å². The van der Waals surface area contributed by atoms with Crippen LogP contribution < -0.4 is 10.6 Å². The molecule has 0 saturated carbocycles. The van der Waals surface area contributed by atoms with Crippen molar-refractivity contribution >= 4 is 11.9 Å². The van der Waals surface area contributed by atoms with E-state index in [1.807, 2.05) is 18.2 Å². The van der Waals surface area contributed by atoms with Crippen LogP contribution in [0.4, 0.5) is 0 Å². The minimum absolute atomic E-state index is 0.0336. The van der Waals surface area contributed by atoms with Crippen LogP contribution in [0.5, 0.6) is 0 Å². The summed E-state index contributed by atoms with van der Waals surface area (Å²) < 4.78 is 0. The van der Waals surface area contributed by atoms with Crippen molar-refractivity contribution in [3.63, 3.8) is 0 Å². The second kappa shape index (κ2) is 10.7. The maximum absolute atomic E-state index is 12.0. The van der Waals surface area contributed by atoms with Gasteiger partial charge in [-0.15, -0.1) is 0 Å². The van der Waals surface area contributed by atoms with Gasteiger partial charge in [-0.1, -0.05) is 26.0 Å². The Balaban J connectivity index is 2.47. The zero-order valence-electron chi connectivity index (χ0n) is 16.6. The number of rotatable bonds is 8. The Morgan fingerprint density at radius 1 is 1.20 bits per heavy atom. The van der Waals surface area contributed by atoms with Gasteiger partial charge in [-0.25, -0.2) is 0 Å². The molecule has 25 heavy (non-hydrogen) atoms. The van der Waals surface area contributed by atoms with Gasteiger partial charge in [0, 0.05) is 39.3 Å². The van der Waals surface area contributed by atoms with E-state index in [9.17, 15) is 4.79 Å². The highest BCUT2D eigenvalue weighted by molar-refractivity contribution is 5.94. The average molecular weight is 347 g/mol. The van der Waals surface area contributed by atoms with Crippen LogP contribution in [0, 0.1) is 5.92 Å². The highest BCUT2D eigenvalue weighted by Gasteiger charge is 2.09. The first kappa shape index (κ1) is 21.0. The summed E-state index contributed by atoms with van der Waals surface area (Å²) in [6, 6.07) is 8.21. The fraction of sp³-hybridized carbons (Fsp3) is 0.600. The molecule has 0 heterocycles. The summed E-state index contributed by atoms with van der Waals surface area (Å²) in [5.74, 6) is 1.58. The molecule has 0 radical (unpaired) electrons. The summed E-state index contributed by atoms with van der Waals surface area (Å²) in [6.07, 6.45) is 3.18. The van der Waals surface area contributed by atoms with E-state index < -0.39 is 0 Å². The Morgan fingerprint density at radius 2 is 1.92 bits per heavy atom. The summed E-state index contributed by atoms with van der Waals surface area (Å²) in [5, 5.41) is 6.78. The molecule has 0 aliphatic carbocycles. The first-order valence-corrected chi connectivity index (χ1v) is 9.11. The van der Waals surface area contributed by atoms with Gasteiger partial charge in [0.1, 0.15) is 0 Å². The quantitative estimate of drug-likeness (QED) is 0.562. The Bertz CT molecular complexity index is 567. The number of nitrogens with one attached hydrogen (secondary N) is 2. The van der Waals surface area contributed by atoms with E-state index in [2.05, 4.69) is 42.5 Å². The molecule has 0 aliphatic heterocycles. The molecule has 1 atom stereocenters. The van der Waals surface area contributed by atoms with Crippen LogP contribution in [0.15, 0.2) is 29.3 Å². The van der Waals surface area contributed by atoms with Crippen LogP contribution in [-0.4, -0.2) is 50.5 Å². The molecular formula is C20H34N4O. The SMILES string of the molecule is CN=C(NCCc1cccc(C(=O)N(C)C)c1)NC(C)CCC(C)C. The van der Waals surface area contributed by atoms with E-state index >= 15 is 0 Å². The summed E-state index contributed by atoms with van der Waals surface area (Å²) in [7, 11) is 5.33. The van der Waals surface area contributed by atoms with Crippen LogP contribution in [-0.2, 0) is 6.42 Å². The van der Waals surface area contributed by atoms with Crippen LogP contribution in [0.25, 0.3) is 0 Å². The maximum atomic E-state index is 12.0. The van der Waals surface area contributed by atoms with E-state index in [-0.39, 0.29) is 5.91 Å². The molecule has 0 saturated heterocycles. The summed E-state index contributed by atoms with van der Waals surface area (Å²) in [4.78, 5) is 17.9. The van der Waals surface area contributed by atoms with Gasteiger partial charge in [-0.3, -0.25) is 9.79 Å². The Labute approximate surface area is 152 Å². The topological polar surface area (TPSA) is 56.7 Å². The first-order valence-electron chi connectivity index (χ1n) is 9.11. The Hall–Kier alpha value is -2.04. The molecule has 140 valence electrons. The highest BCUT2D eigenvalue weighted by atomic mass is 16.2. The fourth-order valence-electron chi connectivity index (χ4n) is 2.53. The van der Waals surface area contributed by atoms with E-state index in [1.54, 1.807) is 26.0 Å². The zero-order valence-corrected chi connectivity index (χ0v) is 16.6. The van der Waals surface area contributed by atoms with Gasteiger partial charge in [-0.05, 0) is 49.8 Å². The molecule has 0 aliphatic rings. The number of nitrogens with zero attached hydrogens (tertiary/aromatic N) is 2. The lowest BCUT2D eigenvalue weighted by Crippen LogP contribution is -2.43. The number of amides is 1. The lowest BCUT2D eigenvalue weighted by atomic mass is 10.0. The summed E-state index contributed by atoms with van der Waals surface area (Å²) >= 11 is 0. The molecule has 0 bridgehead atoms. The van der Waals surface area contributed by atoms with Gasteiger partial charge >= 0.3 is 0 Å². The van der Waals surface area contributed by atoms with Gasteiger partial charge in [0.25, 0.3) is 5.91 Å². The van der Waals surface area contributed by atoms with Crippen molar-refractivity contribution < 1.29 is 4.79 Å². The van der Waals surface area contributed by atoms with Crippen molar-refractivity contribution in [3.05, 3.63) is 35.4 Å². The number of carbonyl (C=O) groups excluding carboxylic acids is 1. The summed E-state index contributed by atoms with van der Waals surface area (Å²) in [6.45, 7) is 7.45. The Morgan fingerprint density at radius 3 is 2.52 bits per heavy atom. The summed E-state index contributed by atoms with van der Waals surface area (Å²) in [5.41, 5.74) is 1.87. The van der Waals surface area contributed by atoms with Crippen molar-refractivity contribution in [2.45, 2.75) is 46.1 Å². The minimum Gasteiger partial charge on any atom is -0.356 e. The molecule has 1 rings (SSSR count). The maximum Gasteiger partial charge on any atom is 0.253 e. The van der Waals surface area contributed by atoms with E-state index in [0.717, 1.165) is 42.4 Å².